The number of anilines is 1. The van der Waals surface area contributed by atoms with E-state index in [-0.39, 0.29) is 5.69 Å². The molecule has 0 spiro atoms. The van der Waals surface area contributed by atoms with E-state index in [2.05, 4.69) is 40.4 Å². The number of H-pyrrole nitrogens is 2. The van der Waals surface area contributed by atoms with Gasteiger partial charge < -0.3 is 10.4 Å². The van der Waals surface area contributed by atoms with Crippen LogP contribution < -0.4 is 11.0 Å². The first kappa shape index (κ1) is 14.3. The highest BCUT2D eigenvalue weighted by Crippen LogP contribution is 2.23. The summed E-state index contributed by atoms with van der Waals surface area (Å²) in [4.78, 5) is 13.4. The van der Waals surface area contributed by atoms with E-state index in [1.54, 1.807) is 0 Å². The molecule has 1 aromatic carbocycles. The third-order valence-electron chi connectivity index (χ3n) is 3.09. The number of aliphatic hydroxyl groups excluding tert-OH is 1. The molecule has 1 atom stereocenters. The van der Waals surface area contributed by atoms with Gasteiger partial charge in [-0.2, -0.15) is 5.10 Å². The minimum Gasteiger partial charge on any atom is -0.391 e. The van der Waals surface area contributed by atoms with Crippen LogP contribution in [0.4, 0.5) is 5.69 Å². The van der Waals surface area contributed by atoms with Crippen molar-refractivity contribution in [1.82, 2.24) is 15.2 Å². The molecule has 1 aromatic heterocycles. The summed E-state index contributed by atoms with van der Waals surface area (Å²) in [5, 5.41) is 19.3. The van der Waals surface area contributed by atoms with Crippen LogP contribution in [0.25, 0.3) is 0 Å². The third kappa shape index (κ3) is 3.71. The number of hydrogen-bond donors (Lipinski definition) is 4. The van der Waals surface area contributed by atoms with Crippen molar-refractivity contribution in [2.24, 2.45) is 0 Å². The molecule has 6 heteroatoms. The van der Waals surface area contributed by atoms with Crippen molar-refractivity contribution in [2.75, 3.05) is 11.9 Å². The summed E-state index contributed by atoms with van der Waals surface area (Å²) >= 11 is 0. The predicted molar refractivity (Wildman–Crippen MR) is 77.9 cm³/mol. The Bertz CT molecular complexity index is 603. The zero-order valence-electron chi connectivity index (χ0n) is 11.7. The molecule has 4 N–H and O–H groups in total. The summed E-state index contributed by atoms with van der Waals surface area (Å²) < 4.78 is 0. The first-order valence-electron chi connectivity index (χ1n) is 6.70. The Balaban J connectivity index is 1.93. The number of aliphatic hydroxyl groups is 1. The molecule has 6 nitrogen and oxygen atoms in total. The average molecular weight is 276 g/mol. The Kier molecular flexibility index (Phi) is 4.57. The number of hydrogen-bond acceptors (Lipinski definition) is 4. The minimum atomic E-state index is -0.617. The summed E-state index contributed by atoms with van der Waals surface area (Å²) in [6.07, 6.45) is -0.315. The number of rotatable bonds is 6. The molecular formula is C14H20N4O2. The van der Waals surface area contributed by atoms with Crippen LogP contribution in [0.1, 0.15) is 31.2 Å². The second-order valence-corrected chi connectivity index (χ2v) is 5.11. The Hall–Kier alpha value is -2.08. The molecule has 0 aliphatic rings. The molecule has 1 unspecified atom stereocenters. The maximum absolute atomic E-state index is 10.9. The van der Waals surface area contributed by atoms with E-state index in [1.165, 1.54) is 5.56 Å². The van der Waals surface area contributed by atoms with Gasteiger partial charge in [0.2, 0.25) is 0 Å². The number of nitrogens with one attached hydrogen (secondary N) is 3. The Morgan fingerprint density at radius 1 is 1.35 bits per heavy atom. The van der Waals surface area contributed by atoms with Gasteiger partial charge in [0.1, 0.15) is 5.82 Å². The van der Waals surface area contributed by atoms with E-state index in [9.17, 15) is 9.90 Å². The van der Waals surface area contributed by atoms with Gasteiger partial charge in [0, 0.05) is 18.7 Å². The number of nitrogens with zero attached hydrogens (tertiary/aromatic N) is 1. The van der Waals surface area contributed by atoms with Crippen LogP contribution >= 0.6 is 0 Å². The molecule has 0 radical (unpaired) electrons. The van der Waals surface area contributed by atoms with Crippen LogP contribution in [0, 0.1) is 0 Å². The summed E-state index contributed by atoms with van der Waals surface area (Å²) in [6.45, 7) is 4.66. The lowest BCUT2D eigenvalue weighted by Crippen LogP contribution is -2.23. The fourth-order valence-electron chi connectivity index (χ4n) is 2.09. The van der Waals surface area contributed by atoms with E-state index in [0.717, 1.165) is 5.69 Å². The summed E-state index contributed by atoms with van der Waals surface area (Å²) in [6, 6.07) is 8.04. The van der Waals surface area contributed by atoms with Gasteiger partial charge in [-0.25, -0.2) is 9.89 Å². The van der Waals surface area contributed by atoms with Crippen molar-refractivity contribution in [1.29, 1.82) is 0 Å². The van der Waals surface area contributed by atoms with Crippen molar-refractivity contribution >= 4 is 5.69 Å². The lowest BCUT2D eigenvalue weighted by molar-refractivity contribution is 0.185. The van der Waals surface area contributed by atoms with Crippen molar-refractivity contribution in [3.63, 3.8) is 0 Å². The van der Waals surface area contributed by atoms with Gasteiger partial charge >= 0.3 is 5.69 Å². The van der Waals surface area contributed by atoms with E-state index < -0.39 is 6.10 Å². The van der Waals surface area contributed by atoms with Gasteiger partial charge in [0.05, 0.1) is 6.10 Å². The van der Waals surface area contributed by atoms with Crippen molar-refractivity contribution in [3.8, 4) is 0 Å². The largest absolute Gasteiger partial charge is 0.391 e. The van der Waals surface area contributed by atoms with Crippen molar-refractivity contribution < 1.29 is 5.11 Å². The van der Waals surface area contributed by atoms with E-state index >= 15 is 0 Å². The maximum atomic E-state index is 10.9. The van der Waals surface area contributed by atoms with E-state index in [4.69, 9.17) is 0 Å². The zero-order chi connectivity index (χ0) is 14.5. The molecule has 108 valence electrons. The molecule has 0 bridgehead atoms. The van der Waals surface area contributed by atoms with Crippen LogP contribution in [0.5, 0.6) is 0 Å². The fourth-order valence-corrected chi connectivity index (χ4v) is 2.09. The molecule has 2 rings (SSSR count). The topological polar surface area (TPSA) is 93.8 Å². The van der Waals surface area contributed by atoms with Crippen LogP contribution in [0.3, 0.4) is 0 Å². The number of aromatic nitrogens is 3. The molecule has 0 amide bonds. The molecule has 2 aromatic rings. The molecule has 20 heavy (non-hydrogen) atoms. The quantitative estimate of drug-likeness (QED) is 0.638. The van der Waals surface area contributed by atoms with Gasteiger partial charge in [0.15, 0.2) is 0 Å². The molecule has 1 heterocycles. The van der Waals surface area contributed by atoms with Gasteiger partial charge in [-0.15, -0.1) is 0 Å². The lowest BCUT2D eigenvalue weighted by Gasteiger charge is -2.16. The predicted octanol–water partition coefficient (Wildman–Crippen LogP) is 1.24. The SMILES string of the molecule is CC(C)c1ccccc1NCC(O)Cc1n[nH]c(=O)[nH]1. The molecule has 0 saturated carbocycles. The van der Waals surface area contributed by atoms with Gasteiger partial charge in [-0.3, -0.25) is 4.98 Å². The Morgan fingerprint density at radius 3 is 2.75 bits per heavy atom. The highest BCUT2D eigenvalue weighted by atomic mass is 16.3. The lowest BCUT2D eigenvalue weighted by atomic mass is 10.0. The molecular weight excluding hydrogens is 256 g/mol. The highest BCUT2D eigenvalue weighted by Gasteiger charge is 2.10. The number of aromatic amines is 2. The van der Waals surface area contributed by atoms with Gasteiger partial charge in [0.25, 0.3) is 0 Å². The van der Waals surface area contributed by atoms with Crippen molar-refractivity contribution in [2.45, 2.75) is 32.3 Å². The van der Waals surface area contributed by atoms with E-state index in [0.29, 0.717) is 24.7 Å². The van der Waals surface area contributed by atoms with Crippen molar-refractivity contribution in [3.05, 3.63) is 46.1 Å². The third-order valence-corrected chi connectivity index (χ3v) is 3.09. The molecule has 0 aliphatic carbocycles. The summed E-state index contributed by atoms with van der Waals surface area (Å²) in [5.41, 5.74) is 1.88. The Morgan fingerprint density at radius 2 is 2.10 bits per heavy atom. The van der Waals surface area contributed by atoms with Crippen LogP contribution in [0.15, 0.2) is 29.1 Å². The first-order valence-corrected chi connectivity index (χ1v) is 6.70. The van der Waals surface area contributed by atoms with E-state index in [1.807, 2.05) is 18.2 Å². The summed E-state index contributed by atoms with van der Waals surface area (Å²) in [5.74, 6) is 0.875. The normalized spacial score (nSPS) is 12.6. The fraction of sp³-hybridized carbons (Fsp3) is 0.429. The molecule has 0 aliphatic heterocycles. The monoisotopic (exact) mass is 276 g/mol. The number of para-hydroxylation sites is 1. The second kappa shape index (κ2) is 6.38. The summed E-state index contributed by atoms with van der Waals surface area (Å²) in [7, 11) is 0. The average Bonchev–Trinajstić information content (AvgIpc) is 2.82. The van der Waals surface area contributed by atoms with Crippen LogP contribution in [-0.2, 0) is 6.42 Å². The maximum Gasteiger partial charge on any atom is 0.340 e. The Labute approximate surface area is 117 Å². The molecule has 0 saturated heterocycles. The number of benzene rings is 1. The van der Waals surface area contributed by atoms with Gasteiger partial charge in [-0.05, 0) is 17.5 Å². The smallest absolute Gasteiger partial charge is 0.340 e. The van der Waals surface area contributed by atoms with Gasteiger partial charge in [-0.1, -0.05) is 32.0 Å². The standard InChI is InChI=1S/C14H20N4O2/c1-9(2)11-5-3-4-6-12(11)15-8-10(19)7-13-16-14(20)18-17-13/h3-6,9-10,15,19H,7-8H2,1-2H3,(H2,16,17,18,20). The second-order valence-electron chi connectivity index (χ2n) is 5.11. The first-order chi connectivity index (χ1) is 9.56. The highest BCUT2D eigenvalue weighted by molar-refractivity contribution is 5.52. The van der Waals surface area contributed by atoms with Crippen LogP contribution in [-0.4, -0.2) is 32.9 Å². The molecule has 0 fully saturated rings. The zero-order valence-corrected chi connectivity index (χ0v) is 11.7. The van der Waals surface area contributed by atoms with Crippen LogP contribution in [0.2, 0.25) is 0 Å². The minimum absolute atomic E-state index is 0.301.